The summed E-state index contributed by atoms with van der Waals surface area (Å²) in [5.74, 6) is -0.0239. The summed E-state index contributed by atoms with van der Waals surface area (Å²) >= 11 is 1.69. The first kappa shape index (κ1) is 19.8. The highest BCUT2D eigenvalue weighted by Gasteiger charge is 2.35. The summed E-state index contributed by atoms with van der Waals surface area (Å²) in [5, 5.41) is 5.27. The second-order valence-corrected chi connectivity index (χ2v) is 9.00. The molecule has 1 saturated carbocycles. The molecule has 5 nitrogen and oxygen atoms in total. The second kappa shape index (κ2) is 8.49. The van der Waals surface area contributed by atoms with Gasteiger partial charge in [-0.25, -0.2) is 0 Å². The van der Waals surface area contributed by atoms with Crippen LogP contribution in [0.4, 0.5) is 0 Å². The largest absolute Gasteiger partial charge is 0.348 e. The average molecular weight is 411 g/mol. The molecule has 1 aliphatic heterocycles. The van der Waals surface area contributed by atoms with Crippen LogP contribution in [0.25, 0.3) is 0 Å². The number of carbonyl (C=O) groups is 3. The monoisotopic (exact) mass is 410 g/mol. The SMILES string of the molecule is Cc1ccc2c(c1)C(=O)N(CCCC(=O)NC(c1cccs1)C1CCCC1)C2=O. The maximum atomic E-state index is 12.6. The summed E-state index contributed by atoms with van der Waals surface area (Å²) in [6.07, 6.45) is 5.52. The standard InChI is InChI=1S/C23H26N2O3S/c1-15-10-11-17-18(14-15)23(28)25(22(17)27)12-4-9-20(26)24-21(16-6-2-3-7-16)19-8-5-13-29-19/h5,8,10-11,13-14,16,21H,2-4,6-7,9,12H2,1H3,(H,24,26). The Morgan fingerprint density at radius 1 is 1.17 bits per heavy atom. The Hall–Kier alpha value is -2.47. The molecular weight excluding hydrogens is 384 g/mol. The third-order valence-corrected chi connectivity index (χ3v) is 6.90. The quantitative estimate of drug-likeness (QED) is 0.685. The Morgan fingerprint density at radius 2 is 1.93 bits per heavy atom. The topological polar surface area (TPSA) is 66.5 Å². The molecule has 29 heavy (non-hydrogen) atoms. The van der Waals surface area contributed by atoms with Crippen molar-refractivity contribution in [3.05, 3.63) is 57.3 Å². The number of nitrogens with zero attached hydrogens (tertiary/aromatic N) is 1. The molecule has 1 N–H and O–H groups in total. The van der Waals surface area contributed by atoms with E-state index < -0.39 is 0 Å². The fourth-order valence-electron chi connectivity index (χ4n) is 4.43. The molecule has 1 atom stereocenters. The number of carbonyl (C=O) groups excluding carboxylic acids is 3. The summed E-state index contributed by atoms with van der Waals surface area (Å²) in [6, 6.07) is 9.51. The van der Waals surface area contributed by atoms with Crippen LogP contribution in [0.5, 0.6) is 0 Å². The van der Waals surface area contributed by atoms with Crippen LogP contribution in [-0.4, -0.2) is 29.2 Å². The maximum absolute atomic E-state index is 12.6. The highest BCUT2D eigenvalue weighted by molar-refractivity contribution is 7.10. The van der Waals surface area contributed by atoms with Crippen molar-refractivity contribution in [2.45, 2.75) is 51.5 Å². The number of hydrogen-bond acceptors (Lipinski definition) is 4. The Morgan fingerprint density at radius 3 is 2.66 bits per heavy atom. The van der Waals surface area contributed by atoms with Crippen LogP contribution in [0.1, 0.15) is 75.7 Å². The lowest BCUT2D eigenvalue weighted by Crippen LogP contribution is -2.34. The minimum absolute atomic E-state index is 0.0113. The smallest absolute Gasteiger partial charge is 0.261 e. The van der Waals surface area contributed by atoms with Gasteiger partial charge in [0.05, 0.1) is 17.2 Å². The number of aryl methyl sites for hydroxylation is 1. The van der Waals surface area contributed by atoms with Gasteiger partial charge >= 0.3 is 0 Å². The van der Waals surface area contributed by atoms with Crippen LogP contribution in [0.15, 0.2) is 35.7 Å². The average Bonchev–Trinajstić information content (AvgIpc) is 3.45. The van der Waals surface area contributed by atoms with Crippen molar-refractivity contribution in [3.8, 4) is 0 Å². The van der Waals surface area contributed by atoms with Gasteiger partial charge in [-0.15, -0.1) is 11.3 Å². The summed E-state index contributed by atoms with van der Waals surface area (Å²) < 4.78 is 0. The van der Waals surface area contributed by atoms with Crippen LogP contribution >= 0.6 is 11.3 Å². The molecule has 0 spiro atoms. The molecule has 2 aromatic rings. The molecule has 3 amide bonds. The first-order valence-corrected chi connectivity index (χ1v) is 11.2. The number of rotatable bonds is 7. The van der Waals surface area contributed by atoms with Gasteiger partial charge in [-0.1, -0.05) is 30.5 Å². The molecule has 2 heterocycles. The predicted molar refractivity (Wildman–Crippen MR) is 113 cm³/mol. The third-order valence-electron chi connectivity index (χ3n) is 5.95. The maximum Gasteiger partial charge on any atom is 0.261 e. The summed E-state index contributed by atoms with van der Waals surface area (Å²) in [5.41, 5.74) is 1.89. The van der Waals surface area contributed by atoms with Crippen LogP contribution in [0.3, 0.4) is 0 Å². The number of nitrogens with one attached hydrogen (secondary N) is 1. The van der Waals surface area contributed by atoms with Gasteiger partial charge in [0.1, 0.15) is 0 Å². The highest BCUT2D eigenvalue weighted by Crippen LogP contribution is 2.37. The van der Waals surface area contributed by atoms with Crippen LogP contribution in [-0.2, 0) is 4.79 Å². The fraction of sp³-hybridized carbons (Fsp3) is 0.435. The van der Waals surface area contributed by atoms with E-state index in [2.05, 4.69) is 11.4 Å². The predicted octanol–water partition coefficient (Wildman–Crippen LogP) is 4.48. The van der Waals surface area contributed by atoms with Crippen molar-refractivity contribution >= 4 is 29.1 Å². The molecule has 0 saturated heterocycles. The van der Waals surface area contributed by atoms with Crippen LogP contribution < -0.4 is 5.32 Å². The van der Waals surface area contributed by atoms with E-state index in [1.165, 1.54) is 22.6 Å². The molecular formula is C23H26N2O3S. The molecule has 152 valence electrons. The minimum Gasteiger partial charge on any atom is -0.348 e. The van der Waals surface area contributed by atoms with E-state index in [9.17, 15) is 14.4 Å². The first-order chi connectivity index (χ1) is 14.0. The normalized spacial score (nSPS) is 17.6. The number of hydrogen-bond donors (Lipinski definition) is 1. The zero-order chi connectivity index (χ0) is 20.4. The second-order valence-electron chi connectivity index (χ2n) is 8.02. The molecule has 1 aromatic carbocycles. The van der Waals surface area contributed by atoms with Gasteiger partial charge in [0, 0.05) is 17.8 Å². The number of thiophene rings is 1. The molecule has 2 aliphatic rings. The summed E-state index contributed by atoms with van der Waals surface area (Å²) in [4.78, 5) is 40.1. The molecule has 0 radical (unpaired) electrons. The Labute approximate surface area is 175 Å². The first-order valence-electron chi connectivity index (χ1n) is 10.3. The van der Waals surface area contributed by atoms with Crippen molar-refractivity contribution in [3.63, 3.8) is 0 Å². The number of amides is 3. The van der Waals surface area contributed by atoms with Gasteiger partial charge in [0.15, 0.2) is 0 Å². The van der Waals surface area contributed by atoms with Crippen LogP contribution in [0, 0.1) is 12.8 Å². The minimum atomic E-state index is -0.257. The van der Waals surface area contributed by atoms with Crippen molar-refractivity contribution in [2.24, 2.45) is 5.92 Å². The van der Waals surface area contributed by atoms with Gasteiger partial charge < -0.3 is 5.32 Å². The number of fused-ring (bicyclic) bond motifs is 1. The van der Waals surface area contributed by atoms with Gasteiger partial charge in [-0.2, -0.15) is 0 Å². The lowest BCUT2D eigenvalue weighted by atomic mass is 9.96. The summed E-state index contributed by atoms with van der Waals surface area (Å²) in [6.45, 7) is 2.17. The molecule has 1 fully saturated rings. The highest BCUT2D eigenvalue weighted by atomic mass is 32.1. The Bertz CT molecular complexity index is 916. The molecule has 1 aliphatic carbocycles. The molecule has 6 heteroatoms. The van der Waals surface area contributed by atoms with E-state index in [1.54, 1.807) is 23.5 Å². The zero-order valence-electron chi connectivity index (χ0n) is 16.6. The van der Waals surface area contributed by atoms with E-state index >= 15 is 0 Å². The molecule has 1 aromatic heterocycles. The lowest BCUT2D eigenvalue weighted by molar-refractivity contribution is -0.122. The Kier molecular flexibility index (Phi) is 5.81. The number of imide groups is 1. The van der Waals surface area contributed by atoms with E-state index in [1.807, 2.05) is 24.4 Å². The fourth-order valence-corrected chi connectivity index (χ4v) is 5.30. The molecule has 4 rings (SSSR count). The van der Waals surface area contributed by atoms with Gasteiger partial charge in [-0.05, 0) is 55.7 Å². The van der Waals surface area contributed by atoms with Gasteiger partial charge in [-0.3, -0.25) is 19.3 Å². The third kappa shape index (κ3) is 4.13. The zero-order valence-corrected chi connectivity index (χ0v) is 17.5. The van der Waals surface area contributed by atoms with Gasteiger partial charge in [0.2, 0.25) is 5.91 Å². The van der Waals surface area contributed by atoms with E-state index in [0.717, 1.165) is 18.4 Å². The van der Waals surface area contributed by atoms with Crippen molar-refractivity contribution in [1.82, 2.24) is 10.2 Å². The molecule has 0 bridgehead atoms. The van der Waals surface area contributed by atoms with E-state index in [-0.39, 0.29) is 30.3 Å². The Balaban J connectivity index is 1.33. The van der Waals surface area contributed by atoms with Crippen molar-refractivity contribution in [2.75, 3.05) is 6.54 Å². The molecule has 1 unspecified atom stereocenters. The number of benzene rings is 1. The van der Waals surface area contributed by atoms with E-state index in [0.29, 0.717) is 29.9 Å². The lowest BCUT2D eigenvalue weighted by Gasteiger charge is -2.24. The summed E-state index contributed by atoms with van der Waals surface area (Å²) in [7, 11) is 0. The van der Waals surface area contributed by atoms with Gasteiger partial charge in [0.25, 0.3) is 11.8 Å². The van der Waals surface area contributed by atoms with E-state index in [4.69, 9.17) is 0 Å². The van der Waals surface area contributed by atoms with Crippen molar-refractivity contribution in [1.29, 1.82) is 0 Å². The van der Waals surface area contributed by atoms with Crippen molar-refractivity contribution < 1.29 is 14.4 Å². The van der Waals surface area contributed by atoms with Crippen LogP contribution in [0.2, 0.25) is 0 Å².